The Balaban J connectivity index is 1.80. The average Bonchev–Trinajstić information content (AvgIpc) is 3.14. The molecule has 4 atom stereocenters. The van der Waals surface area contributed by atoms with Gasteiger partial charge in [0.2, 0.25) is 0 Å². The topological polar surface area (TPSA) is 64.4 Å². The van der Waals surface area contributed by atoms with E-state index in [0.29, 0.717) is 25.8 Å². The SMILES string of the molecule is CC1CN2CC3C(=O)N(c4ccc(C#N)c(C(F)(F)F)c4)C(=O)[N+]13C2. The van der Waals surface area contributed by atoms with E-state index in [4.69, 9.17) is 5.26 Å². The molecule has 0 aliphatic carbocycles. The van der Waals surface area contributed by atoms with Crippen LogP contribution in [0.25, 0.3) is 0 Å². The first-order valence-electron chi connectivity index (χ1n) is 7.80. The normalized spacial score (nSPS) is 33.7. The van der Waals surface area contributed by atoms with E-state index in [1.54, 1.807) is 0 Å². The highest BCUT2D eigenvalue weighted by atomic mass is 19.4. The van der Waals surface area contributed by atoms with Gasteiger partial charge in [0, 0.05) is 0 Å². The third kappa shape index (κ3) is 1.92. The van der Waals surface area contributed by atoms with Crippen molar-refractivity contribution in [3.63, 3.8) is 0 Å². The van der Waals surface area contributed by atoms with Gasteiger partial charge in [0.05, 0.1) is 36.0 Å². The quantitative estimate of drug-likeness (QED) is 0.573. The van der Waals surface area contributed by atoms with Crippen LogP contribution in [0.5, 0.6) is 0 Å². The molecule has 0 saturated carbocycles. The van der Waals surface area contributed by atoms with E-state index in [1.165, 1.54) is 12.1 Å². The largest absolute Gasteiger partial charge is 0.432 e. The van der Waals surface area contributed by atoms with Gasteiger partial charge in [-0.3, -0.25) is 4.79 Å². The molecule has 3 fully saturated rings. The zero-order valence-corrected chi connectivity index (χ0v) is 13.2. The molecule has 0 N–H and O–H groups in total. The number of hydrogen-bond acceptors (Lipinski definition) is 4. The van der Waals surface area contributed by atoms with E-state index in [-0.39, 0.29) is 16.2 Å². The average molecular weight is 351 g/mol. The fourth-order valence-corrected chi connectivity index (χ4v) is 4.30. The summed E-state index contributed by atoms with van der Waals surface area (Å²) in [7, 11) is 0. The van der Waals surface area contributed by atoms with Crippen LogP contribution in [0.3, 0.4) is 0 Å². The second-order valence-corrected chi connectivity index (χ2v) is 6.77. The Hall–Kier alpha value is -2.44. The third-order valence-electron chi connectivity index (χ3n) is 5.47. The first-order chi connectivity index (χ1) is 11.7. The second-order valence-electron chi connectivity index (χ2n) is 6.77. The van der Waals surface area contributed by atoms with E-state index in [1.807, 2.05) is 11.8 Å². The summed E-state index contributed by atoms with van der Waals surface area (Å²) in [4.78, 5) is 28.7. The number of imide groups is 1. The standard InChI is InChI=1S/C16H14F3N4O2/c1-9-6-21-7-13-14(24)22(15(25)23(9,13)8-21)11-3-2-10(5-20)12(4-11)16(17,18)19/h2-4,9,13H,6-8H2,1H3/q+1. The summed E-state index contributed by atoms with van der Waals surface area (Å²) in [6, 6.07) is 3.30. The van der Waals surface area contributed by atoms with Gasteiger partial charge in [-0.05, 0) is 25.1 Å². The summed E-state index contributed by atoms with van der Waals surface area (Å²) in [5, 5.41) is 8.89. The molecule has 3 amide bonds. The minimum atomic E-state index is -4.74. The fraction of sp³-hybridized carbons (Fsp3) is 0.438. The zero-order valence-electron chi connectivity index (χ0n) is 13.2. The van der Waals surface area contributed by atoms with Crippen LogP contribution in [0.2, 0.25) is 0 Å². The number of quaternary nitrogens is 1. The van der Waals surface area contributed by atoms with Crippen LogP contribution >= 0.6 is 0 Å². The van der Waals surface area contributed by atoms with Crippen molar-refractivity contribution >= 4 is 17.6 Å². The highest BCUT2D eigenvalue weighted by Gasteiger charge is 2.70. The number of nitriles is 1. The van der Waals surface area contributed by atoms with E-state index in [0.717, 1.165) is 11.0 Å². The highest BCUT2D eigenvalue weighted by molar-refractivity contribution is 6.18. The van der Waals surface area contributed by atoms with Gasteiger partial charge in [-0.25, -0.2) is 14.2 Å². The first kappa shape index (κ1) is 16.1. The van der Waals surface area contributed by atoms with Crippen molar-refractivity contribution < 1.29 is 27.2 Å². The molecule has 2 bridgehead atoms. The number of carbonyl (C=O) groups excluding carboxylic acids is 2. The summed E-state index contributed by atoms with van der Waals surface area (Å²) >= 11 is 0. The van der Waals surface area contributed by atoms with Gasteiger partial charge in [-0.15, -0.1) is 0 Å². The van der Waals surface area contributed by atoms with Crippen LogP contribution in [-0.4, -0.2) is 53.2 Å². The molecule has 3 aliphatic heterocycles. The van der Waals surface area contributed by atoms with Gasteiger partial charge in [0.15, 0.2) is 6.04 Å². The Labute approximate surface area is 141 Å². The molecule has 1 aromatic rings. The van der Waals surface area contributed by atoms with Crippen LogP contribution in [0.4, 0.5) is 23.7 Å². The summed E-state index contributed by atoms with van der Waals surface area (Å²) in [5.41, 5.74) is -1.81. The van der Waals surface area contributed by atoms with Crippen LogP contribution < -0.4 is 4.90 Å². The Morgan fingerprint density at radius 2 is 2.00 bits per heavy atom. The molecule has 6 nitrogen and oxygen atoms in total. The lowest BCUT2D eigenvalue weighted by Crippen LogP contribution is -2.58. The Kier molecular flexibility index (Phi) is 3.08. The summed E-state index contributed by atoms with van der Waals surface area (Å²) in [6.45, 7) is 3.41. The molecule has 3 saturated heterocycles. The molecule has 1 spiro atoms. The van der Waals surface area contributed by atoms with Gasteiger partial charge in [0.25, 0.3) is 5.91 Å². The fourth-order valence-electron chi connectivity index (χ4n) is 4.30. The third-order valence-corrected chi connectivity index (χ3v) is 5.47. The second kappa shape index (κ2) is 4.80. The van der Waals surface area contributed by atoms with Crippen LogP contribution in [0, 0.1) is 11.3 Å². The number of nitrogens with zero attached hydrogens (tertiary/aromatic N) is 4. The van der Waals surface area contributed by atoms with E-state index in [9.17, 15) is 22.8 Å². The molecule has 4 rings (SSSR count). The minimum Gasteiger partial charge on any atom is -0.267 e. The number of piperazine rings is 1. The summed E-state index contributed by atoms with van der Waals surface area (Å²) in [5.74, 6) is -0.475. The molecule has 4 unspecified atom stereocenters. The van der Waals surface area contributed by atoms with Crippen molar-refractivity contribution in [3.8, 4) is 6.07 Å². The lowest BCUT2D eigenvalue weighted by Gasteiger charge is -2.31. The van der Waals surface area contributed by atoms with Gasteiger partial charge in [0.1, 0.15) is 12.7 Å². The molecule has 3 heterocycles. The molecule has 25 heavy (non-hydrogen) atoms. The van der Waals surface area contributed by atoms with E-state index < -0.39 is 35.3 Å². The molecule has 130 valence electrons. The van der Waals surface area contributed by atoms with Crippen molar-refractivity contribution in [2.75, 3.05) is 24.7 Å². The number of alkyl halides is 3. The van der Waals surface area contributed by atoms with Gasteiger partial charge in [-0.2, -0.15) is 23.3 Å². The lowest BCUT2D eigenvalue weighted by molar-refractivity contribution is -0.860. The smallest absolute Gasteiger partial charge is 0.267 e. The van der Waals surface area contributed by atoms with Gasteiger partial charge in [-0.1, -0.05) is 0 Å². The lowest BCUT2D eigenvalue weighted by atomic mass is 10.1. The summed E-state index contributed by atoms with van der Waals surface area (Å²) < 4.78 is 39.5. The maximum Gasteiger partial charge on any atom is 0.432 e. The molecule has 3 aliphatic rings. The predicted octanol–water partition coefficient (Wildman–Crippen LogP) is 1.90. The monoisotopic (exact) mass is 351 g/mol. The number of hydrogen-bond donors (Lipinski definition) is 0. The zero-order chi connectivity index (χ0) is 18.1. The number of amides is 3. The Bertz CT molecular complexity index is 847. The van der Waals surface area contributed by atoms with Crippen LogP contribution in [0.1, 0.15) is 18.1 Å². The number of anilines is 1. The predicted molar refractivity (Wildman–Crippen MR) is 79.0 cm³/mol. The molecule has 0 radical (unpaired) electrons. The molecule has 1 aromatic carbocycles. The van der Waals surface area contributed by atoms with Crippen molar-refractivity contribution in [3.05, 3.63) is 29.3 Å². The van der Waals surface area contributed by atoms with E-state index >= 15 is 0 Å². The van der Waals surface area contributed by atoms with Crippen molar-refractivity contribution in [2.45, 2.75) is 25.2 Å². The van der Waals surface area contributed by atoms with Crippen molar-refractivity contribution in [2.24, 2.45) is 0 Å². The number of fused-ring (bicyclic) bond motifs is 1. The maximum atomic E-state index is 13.2. The van der Waals surface area contributed by atoms with Crippen LogP contribution in [0.15, 0.2) is 18.2 Å². The maximum absolute atomic E-state index is 13.2. The highest BCUT2D eigenvalue weighted by Crippen LogP contribution is 2.44. The number of rotatable bonds is 1. The minimum absolute atomic E-state index is 0.0415. The van der Waals surface area contributed by atoms with Crippen molar-refractivity contribution in [1.82, 2.24) is 4.90 Å². The Morgan fingerprint density at radius 1 is 1.28 bits per heavy atom. The first-order valence-corrected chi connectivity index (χ1v) is 7.80. The van der Waals surface area contributed by atoms with Gasteiger partial charge < -0.3 is 0 Å². The number of carbonyl (C=O) groups is 2. The molecule has 0 aromatic heterocycles. The number of urea groups is 1. The van der Waals surface area contributed by atoms with Crippen LogP contribution in [-0.2, 0) is 11.0 Å². The Morgan fingerprint density at radius 3 is 2.56 bits per heavy atom. The molecule has 9 heteroatoms. The molecular formula is C16H14F3N4O2+. The van der Waals surface area contributed by atoms with Gasteiger partial charge >= 0.3 is 12.2 Å². The summed E-state index contributed by atoms with van der Waals surface area (Å²) in [6.07, 6.45) is -4.74. The molecular weight excluding hydrogens is 337 g/mol. The van der Waals surface area contributed by atoms with E-state index in [2.05, 4.69) is 0 Å². The van der Waals surface area contributed by atoms with Crippen molar-refractivity contribution in [1.29, 1.82) is 5.26 Å². The number of halogens is 3. The number of benzene rings is 1.